The molecule has 0 N–H and O–H groups in total. The molecule has 1 saturated carbocycles. The van der Waals surface area contributed by atoms with Crippen molar-refractivity contribution in [3.05, 3.63) is 64.7 Å². The minimum absolute atomic E-state index is 0.00552. The average Bonchev–Trinajstić information content (AvgIpc) is 3.34. The van der Waals surface area contributed by atoms with Gasteiger partial charge < -0.3 is 4.90 Å². The molecule has 1 fully saturated rings. The van der Waals surface area contributed by atoms with Crippen LogP contribution < -0.4 is 4.90 Å². The lowest BCUT2D eigenvalue weighted by Crippen LogP contribution is -2.30. The summed E-state index contributed by atoms with van der Waals surface area (Å²) in [6, 6.07) is 12.4. The number of anilines is 1. The number of rotatable bonds is 2. The first kappa shape index (κ1) is 13.5. The zero-order chi connectivity index (χ0) is 16.4. The van der Waals surface area contributed by atoms with Gasteiger partial charge in [-0.3, -0.25) is 14.4 Å². The van der Waals surface area contributed by atoms with E-state index in [4.69, 9.17) is 0 Å². The average molecular weight is 318 g/mol. The summed E-state index contributed by atoms with van der Waals surface area (Å²) in [4.78, 5) is 41.1. The SMILES string of the molecule is O=C1c2ccccc2C(=O)N1c1cccc2c1CN(C1CC1)C2=O. The molecule has 5 rings (SSSR count). The largest absolute Gasteiger partial charge is 0.331 e. The Morgan fingerprint density at radius 1 is 0.750 bits per heavy atom. The second-order valence-corrected chi connectivity index (χ2v) is 6.46. The van der Waals surface area contributed by atoms with E-state index in [1.807, 2.05) is 4.90 Å². The summed E-state index contributed by atoms with van der Waals surface area (Å²) in [5.74, 6) is -0.631. The van der Waals surface area contributed by atoms with E-state index < -0.39 is 0 Å². The third kappa shape index (κ3) is 1.67. The molecule has 24 heavy (non-hydrogen) atoms. The van der Waals surface area contributed by atoms with E-state index in [0.29, 0.717) is 35.0 Å². The predicted molar refractivity (Wildman–Crippen MR) is 86.9 cm³/mol. The van der Waals surface area contributed by atoms with Gasteiger partial charge in [0.2, 0.25) is 0 Å². The number of carbonyl (C=O) groups is 3. The van der Waals surface area contributed by atoms with Crippen molar-refractivity contribution in [3.8, 4) is 0 Å². The monoisotopic (exact) mass is 318 g/mol. The second-order valence-electron chi connectivity index (χ2n) is 6.46. The number of nitrogens with zero attached hydrogens (tertiary/aromatic N) is 2. The molecule has 2 aromatic carbocycles. The van der Waals surface area contributed by atoms with E-state index in [-0.39, 0.29) is 17.7 Å². The van der Waals surface area contributed by atoms with Gasteiger partial charge in [0.1, 0.15) is 0 Å². The van der Waals surface area contributed by atoms with Crippen molar-refractivity contribution in [3.63, 3.8) is 0 Å². The third-order valence-electron chi connectivity index (χ3n) is 4.99. The fourth-order valence-electron chi connectivity index (χ4n) is 3.64. The minimum atomic E-state index is -0.318. The van der Waals surface area contributed by atoms with E-state index >= 15 is 0 Å². The Kier molecular flexibility index (Phi) is 2.55. The highest BCUT2D eigenvalue weighted by Gasteiger charge is 2.43. The van der Waals surface area contributed by atoms with Crippen LogP contribution in [0.5, 0.6) is 0 Å². The standard InChI is InChI=1S/C19H14N2O3/c22-17-14-6-3-7-16(15(14)10-20(17)11-8-9-11)21-18(23)12-4-1-2-5-13(12)19(21)24/h1-7,11H,8-10H2. The van der Waals surface area contributed by atoms with Crippen LogP contribution in [0.15, 0.2) is 42.5 Å². The van der Waals surface area contributed by atoms with Crippen molar-refractivity contribution in [1.82, 2.24) is 4.90 Å². The molecule has 3 amide bonds. The topological polar surface area (TPSA) is 57.7 Å². The van der Waals surface area contributed by atoms with Crippen LogP contribution in [0.3, 0.4) is 0 Å². The molecule has 0 spiro atoms. The van der Waals surface area contributed by atoms with Crippen LogP contribution >= 0.6 is 0 Å². The van der Waals surface area contributed by atoms with Gasteiger partial charge in [0.05, 0.1) is 16.8 Å². The summed E-state index contributed by atoms with van der Waals surface area (Å²) < 4.78 is 0. The zero-order valence-electron chi connectivity index (χ0n) is 12.9. The quantitative estimate of drug-likeness (QED) is 0.800. The molecule has 0 radical (unpaired) electrons. The van der Waals surface area contributed by atoms with Crippen LogP contribution in [-0.4, -0.2) is 28.7 Å². The Hall–Kier alpha value is -2.95. The van der Waals surface area contributed by atoms with Gasteiger partial charge in [-0.15, -0.1) is 0 Å². The molecule has 0 saturated heterocycles. The summed E-state index contributed by atoms with van der Waals surface area (Å²) in [7, 11) is 0. The molecule has 2 aromatic rings. The smallest absolute Gasteiger partial charge is 0.266 e. The fraction of sp³-hybridized carbons (Fsp3) is 0.211. The van der Waals surface area contributed by atoms with Crippen LogP contribution in [0.2, 0.25) is 0 Å². The van der Waals surface area contributed by atoms with Crippen LogP contribution in [0.25, 0.3) is 0 Å². The first-order valence-electron chi connectivity index (χ1n) is 8.07. The van der Waals surface area contributed by atoms with E-state index in [2.05, 4.69) is 0 Å². The van der Waals surface area contributed by atoms with Gasteiger partial charge in [-0.25, -0.2) is 4.90 Å². The first-order valence-corrected chi connectivity index (χ1v) is 8.07. The zero-order valence-corrected chi connectivity index (χ0v) is 12.9. The maximum atomic E-state index is 12.7. The molecule has 3 aliphatic rings. The Bertz CT molecular complexity index is 895. The molecule has 2 heterocycles. The number of hydrogen-bond acceptors (Lipinski definition) is 3. The van der Waals surface area contributed by atoms with Gasteiger partial charge in [0.15, 0.2) is 0 Å². The number of amides is 3. The van der Waals surface area contributed by atoms with Crippen molar-refractivity contribution in [2.75, 3.05) is 4.90 Å². The summed E-state index contributed by atoms with van der Waals surface area (Å²) >= 11 is 0. The fourth-order valence-corrected chi connectivity index (χ4v) is 3.64. The van der Waals surface area contributed by atoms with Gasteiger partial charge in [-0.05, 0) is 37.1 Å². The number of carbonyl (C=O) groups excluding carboxylic acids is 3. The van der Waals surface area contributed by atoms with Crippen molar-refractivity contribution in [2.24, 2.45) is 0 Å². The van der Waals surface area contributed by atoms with Crippen LogP contribution in [0, 0.1) is 0 Å². The molecular weight excluding hydrogens is 304 g/mol. The molecule has 0 bridgehead atoms. The molecule has 0 unspecified atom stereocenters. The second kappa shape index (κ2) is 4.54. The van der Waals surface area contributed by atoms with Gasteiger partial charge in [-0.2, -0.15) is 0 Å². The number of imide groups is 1. The Balaban J connectivity index is 1.62. The summed E-state index contributed by atoms with van der Waals surface area (Å²) in [5, 5.41) is 0. The third-order valence-corrected chi connectivity index (χ3v) is 4.99. The molecule has 1 aliphatic carbocycles. The highest BCUT2D eigenvalue weighted by Crippen LogP contribution is 2.40. The Morgan fingerprint density at radius 2 is 1.38 bits per heavy atom. The van der Waals surface area contributed by atoms with E-state index in [9.17, 15) is 14.4 Å². The van der Waals surface area contributed by atoms with Gasteiger partial charge >= 0.3 is 0 Å². The summed E-state index contributed by atoms with van der Waals surface area (Å²) in [6.45, 7) is 0.475. The highest BCUT2D eigenvalue weighted by atomic mass is 16.2. The number of benzene rings is 2. The lowest BCUT2D eigenvalue weighted by atomic mass is 10.1. The lowest BCUT2D eigenvalue weighted by molar-refractivity contribution is 0.0766. The maximum absolute atomic E-state index is 12.7. The number of hydrogen-bond donors (Lipinski definition) is 0. The van der Waals surface area contributed by atoms with Gasteiger partial charge in [0.25, 0.3) is 17.7 Å². The van der Waals surface area contributed by atoms with Crippen molar-refractivity contribution >= 4 is 23.4 Å². The van der Waals surface area contributed by atoms with Crippen molar-refractivity contribution in [1.29, 1.82) is 0 Å². The summed E-state index contributed by atoms with van der Waals surface area (Å²) in [5.41, 5.74) is 2.77. The predicted octanol–water partition coefficient (Wildman–Crippen LogP) is 2.61. The van der Waals surface area contributed by atoms with Crippen molar-refractivity contribution < 1.29 is 14.4 Å². The molecule has 2 aliphatic heterocycles. The summed E-state index contributed by atoms with van der Waals surface area (Å²) in [6.07, 6.45) is 2.06. The first-order chi connectivity index (χ1) is 11.7. The lowest BCUT2D eigenvalue weighted by Gasteiger charge is -2.18. The van der Waals surface area contributed by atoms with Crippen LogP contribution in [-0.2, 0) is 6.54 Å². The molecular formula is C19H14N2O3. The Labute approximate surface area is 138 Å². The number of fused-ring (bicyclic) bond motifs is 2. The normalized spacial score (nSPS) is 19.1. The minimum Gasteiger partial charge on any atom is -0.331 e. The van der Waals surface area contributed by atoms with Crippen molar-refractivity contribution in [2.45, 2.75) is 25.4 Å². The molecule has 5 nitrogen and oxygen atoms in total. The van der Waals surface area contributed by atoms with Crippen LogP contribution in [0.4, 0.5) is 5.69 Å². The van der Waals surface area contributed by atoms with Crippen LogP contribution in [0.1, 0.15) is 49.5 Å². The van der Waals surface area contributed by atoms with E-state index in [1.54, 1.807) is 42.5 Å². The Morgan fingerprint density at radius 3 is 2.00 bits per heavy atom. The van der Waals surface area contributed by atoms with Gasteiger partial charge in [-0.1, -0.05) is 18.2 Å². The molecule has 0 atom stereocenters. The maximum Gasteiger partial charge on any atom is 0.266 e. The molecule has 0 aromatic heterocycles. The van der Waals surface area contributed by atoms with E-state index in [1.165, 1.54) is 4.90 Å². The highest BCUT2D eigenvalue weighted by molar-refractivity contribution is 6.34. The molecule has 5 heteroatoms. The van der Waals surface area contributed by atoms with E-state index in [0.717, 1.165) is 18.4 Å². The van der Waals surface area contributed by atoms with Gasteiger partial charge in [0, 0.05) is 23.7 Å². The molecule has 118 valence electrons.